The summed E-state index contributed by atoms with van der Waals surface area (Å²) in [6, 6.07) is 0. The summed E-state index contributed by atoms with van der Waals surface area (Å²) in [4.78, 5) is 0.758. The minimum atomic E-state index is 0.758. The van der Waals surface area contributed by atoms with Crippen molar-refractivity contribution in [3.63, 3.8) is 0 Å². The first kappa shape index (κ1) is 13.0. The maximum Gasteiger partial charge on any atom is 0.0143 e. The number of unbranched alkanes of at least 4 members (excludes halogenated alkanes) is 4. The van der Waals surface area contributed by atoms with Gasteiger partial charge in [0.25, 0.3) is 0 Å². The minimum absolute atomic E-state index is 0.758. The first-order chi connectivity index (χ1) is 5.81. The highest BCUT2D eigenvalue weighted by Crippen LogP contribution is 2.15. The van der Waals surface area contributed by atoms with Crippen molar-refractivity contribution in [2.75, 3.05) is 5.33 Å². The standard InChI is InChI=1S/C10H20Br2/c1-2-10(12)8-6-4-3-5-7-9-11/h10H,2-9H2,1H3. The fourth-order valence-corrected chi connectivity index (χ4v) is 1.92. The molecular formula is C10H20Br2. The summed E-state index contributed by atoms with van der Waals surface area (Å²) in [7, 11) is 0. The van der Waals surface area contributed by atoms with Gasteiger partial charge in [-0.3, -0.25) is 0 Å². The van der Waals surface area contributed by atoms with Gasteiger partial charge in [0.15, 0.2) is 0 Å². The van der Waals surface area contributed by atoms with Crippen molar-refractivity contribution in [1.82, 2.24) is 0 Å². The highest BCUT2D eigenvalue weighted by molar-refractivity contribution is 9.09. The van der Waals surface area contributed by atoms with Gasteiger partial charge in [0, 0.05) is 10.2 Å². The van der Waals surface area contributed by atoms with E-state index in [-0.39, 0.29) is 0 Å². The van der Waals surface area contributed by atoms with E-state index in [1.165, 1.54) is 50.3 Å². The summed E-state index contributed by atoms with van der Waals surface area (Å²) < 4.78 is 0. The van der Waals surface area contributed by atoms with E-state index in [2.05, 4.69) is 38.8 Å². The minimum Gasteiger partial charge on any atom is -0.0928 e. The van der Waals surface area contributed by atoms with Crippen molar-refractivity contribution >= 4 is 31.9 Å². The van der Waals surface area contributed by atoms with Crippen LogP contribution >= 0.6 is 31.9 Å². The van der Waals surface area contributed by atoms with Crippen molar-refractivity contribution < 1.29 is 0 Å². The quantitative estimate of drug-likeness (QED) is 0.442. The van der Waals surface area contributed by atoms with E-state index in [1.54, 1.807) is 0 Å². The molecule has 0 spiro atoms. The Morgan fingerprint density at radius 2 is 1.58 bits per heavy atom. The van der Waals surface area contributed by atoms with Crippen LogP contribution in [0.15, 0.2) is 0 Å². The molecule has 0 saturated carbocycles. The zero-order valence-electron chi connectivity index (χ0n) is 7.99. The predicted octanol–water partition coefficient (Wildman–Crippen LogP) is 4.90. The van der Waals surface area contributed by atoms with Crippen LogP contribution in [-0.2, 0) is 0 Å². The molecule has 74 valence electrons. The van der Waals surface area contributed by atoms with Crippen LogP contribution in [0.1, 0.15) is 51.9 Å². The van der Waals surface area contributed by atoms with E-state index in [1.807, 2.05) is 0 Å². The van der Waals surface area contributed by atoms with Gasteiger partial charge in [-0.15, -0.1) is 0 Å². The van der Waals surface area contributed by atoms with Gasteiger partial charge < -0.3 is 0 Å². The molecule has 0 radical (unpaired) electrons. The maximum atomic E-state index is 3.65. The molecule has 0 aliphatic rings. The summed E-state index contributed by atoms with van der Waals surface area (Å²) in [5.74, 6) is 0. The van der Waals surface area contributed by atoms with Crippen molar-refractivity contribution in [3.05, 3.63) is 0 Å². The topological polar surface area (TPSA) is 0 Å². The third kappa shape index (κ3) is 9.05. The van der Waals surface area contributed by atoms with Crippen LogP contribution in [0, 0.1) is 0 Å². The highest BCUT2D eigenvalue weighted by Gasteiger charge is 1.99. The molecule has 0 bridgehead atoms. The largest absolute Gasteiger partial charge is 0.0928 e. The number of halogens is 2. The van der Waals surface area contributed by atoms with Gasteiger partial charge in [0.1, 0.15) is 0 Å². The summed E-state index contributed by atoms with van der Waals surface area (Å²) in [6.45, 7) is 2.24. The Morgan fingerprint density at radius 3 is 2.17 bits per heavy atom. The van der Waals surface area contributed by atoms with E-state index < -0.39 is 0 Å². The normalized spacial score (nSPS) is 13.2. The van der Waals surface area contributed by atoms with Gasteiger partial charge >= 0.3 is 0 Å². The fraction of sp³-hybridized carbons (Fsp3) is 1.00. The molecule has 0 nitrogen and oxygen atoms in total. The summed E-state index contributed by atoms with van der Waals surface area (Å²) >= 11 is 7.10. The Morgan fingerprint density at radius 1 is 1.00 bits per heavy atom. The Hall–Kier alpha value is 0.960. The van der Waals surface area contributed by atoms with Crippen molar-refractivity contribution in [2.45, 2.75) is 56.7 Å². The van der Waals surface area contributed by atoms with E-state index in [9.17, 15) is 0 Å². The van der Waals surface area contributed by atoms with Crippen LogP contribution in [0.25, 0.3) is 0 Å². The monoisotopic (exact) mass is 298 g/mol. The number of alkyl halides is 2. The molecule has 0 fully saturated rings. The highest BCUT2D eigenvalue weighted by atomic mass is 79.9. The van der Waals surface area contributed by atoms with Gasteiger partial charge in [0.2, 0.25) is 0 Å². The van der Waals surface area contributed by atoms with Gasteiger partial charge in [-0.1, -0.05) is 64.5 Å². The molecule has 0 aromatic carbocycles. The lowest BCUT2D eigenvalue weighted by atomic mass is 10.1. The molecule has 0 aromatic rings. The molecule has 0 aliphatic carbocycles. The van der Waals surface area contributed by atoms with Crippen molar-refractivity contribution in [3.8, 4) is 0 Å². The number of hydrogen-bond donors (Lipinski definition) is 0. The van der Waals surface area contributed by atoms with Gasteiger partial charge in [0.05, 0.1) is 0 Å². The van der Waals surface area contributed by atoms with Crippen LogP contribution in [-0.4, -0.2) is 10.2 Å². The maximum absolute atomic E-state index is 3.65. The molecule has 0 saturated heterocycles. The Balaban J connectivity index is 2.90. The molecule has 1 unspecified atom stereocenters. The van der Waals surface area contributed by atoms with Crippen molar-refractivity contribution in [1.29, 1.82) is 0 Å². The first-order valence-corrected chi connectivity index (χ1v) is 7.05. The predicted molar refractivity (Wildman–Crippen MR) is 64.5 cm³/mol. The Bertz CT molecular complexity index is 83.9. The van der Waals surface area contributed by atoms with Gasteiger partial charge in [-0.05, 0) is 19.3 Å². The van der Waals surface area contributed by atoms with Crippen LogP contribution in [0.3, 0.4) is 0 Å². The van der Waals surface area contributed by atoms with E-state index in [0.717, 1.165) is 4.83 Å². The third-order valence-electron chi connectivity index (χ3n) is 2.09. The van der Waals surface area contributed by atoms with E-state index in [4.69, 9.17) is 0 Å². The lowest BCUT2D eigenvalue weighted by Gasteiger charge is -2.05. The zero-order valence-corrected chi connectivity index (χ0v) is 11.2. The SMILES string of the molecule is CCC(Br)CCCCCCCBr. The molecule has 0 heterocycles. The zero-order chi connectivity index (χ0) is 9.23. The fourth-order valence-electron chi connectivity index (χ4n) is 1.19. The molecule has 12 heavy (non-hydrogen) atoms. The second-order valence-electron chi connectivity index (χ2n) is 3.25. The average Bonchev–Trinajstić information content (AvgIpc) is 2.10. The van der Waals surface area contributed by atoms with Crippen molar-refractivity contribution in [2.24, 2.45) is 0 Å². The molecule has 0 N–H and O–H groups in total. The Kier molecular flexibility index (Phi) is 10.8. The molecule has 1 atom stereocenters. The summed E-state index contributed by atoms with van der Waals surface area (Å²) in [5.41, 5.74) is 0. The van der Waals surface area contributed by atoms with Gasteiger partial charge in [-0.2, -0.15) is 0 Å². The van der Waals surface area contributed by atoms with Crippen LogP contribution < -0.4 is 0 Å². The van der Waals surface area contributed by atoms with Gasteiger partial charge in [-0.25, -0.2) is 0 Å². The molecule has 0 aliphatic heterocycles. The number of rotatable bonds is 8. The third-order valence-corrected chi connectivity index (χ3v) is 3.76. The number of hydrogen-bond acceptors (Lipinski definition) is 0. The summed E-state index contributed by atoms with van der Waals surface area (Å²) in [5, 5.41) is 1.17. The summed E-state index contributed by atoms with van der Waals surface area (Å²) in [6.07, 6.45) is 9.57. The first-order valence-electron chi connectivity index (χ1n) is 5.01. The van der Waals surface area contributed by atoms with Crippen LogP contribution in [0.5, 0.6) is 0 Å². The van der Waals surface area contributed by atoms with Crippen LogP contribution in [0.2, 0.25) is 0 Å². The molecule has 0 amide bonds. The second kappa shape index (κ2) is 10.0. The average molecular weight is 300 g/mol. The Labute approximate surface area is 93.8 Å². The van der Waals surface area contributed by atoms with Crippen LogP contribution in [0.4, 0.5) is 0 Å². The lowest BCUT2D eigenvalue weighted by Crippen LogP contribution is -1.94. The smallest absolute Gasteiger partial charge is 0.0143 e. The molecule has 0 rings (SSSR count). The van der Waals surface area contributed by atoms with E-state index in [0.29, 0.717) is 0 Å². The molecule has 2 heteroatoms. The lowest BCUT2D eigenvalue weighted by molar-refractivity contribution is 0.597. The molecule has 0 aromatic heterocycles. The second-order valence-corrected chi connectivity index (χ2v) is 5.34. The van der Waals surface area contributed by atoms with E-state index >= 15 is 0 Å². The molecular weight excluding hydrogens is 280 g/mol.